The summed E-state index contributed by atoms with van der Waals surface area (Å²) >= 11 is 0. The van der Waals surface area contributed by atoms with Gasteiger partial charge in [0, 0.05) is 16.9 Å². The quantitative estimate of drug-likeness (QED) is 0.390. The van der Waals surface area contributed by atoms with Gasteiger partial charge in [-0.15, -0.1) is 12.4 Å². The van der Waals surface area contributed by atoms with Crippen LogP contribution in [-0.2, 0) is 0 Å². The van der Waals surface area contributed by atoms with Gasteiger partial charge in [-0.05, 0) is 36.4 Å². The van der Waals surface area contributed by atoms with Crippen LogP contribution in [0.4, 0.5) is 11.4 Å². The van der Waals surface area contributed by atoms with E-state index >= 15 is 0 Å². The van der Waals surface area contributed by atoms with Gasteiger partial charge in [0.25, 0.3) is 0 Å². The highest BCUT2D eigenvalue weighted by Gasteiger charge is 2.04. The lowest BCUT2D eigenvalue weighted by Gasteiger charge is -2.10. The Bertz CT molecular complexity index is 540. The fraction of sp³-hybridized carbons (Fsp3) is 0. The van der Waals surface area contributed by atoms with Gasteiger partial charge < -0.3 is 16.2 Å². The van der Waals surface area contributed by atoms with Gasteiger partial charge in [-0.1, -0.05) is 12.1 Å². The van der Waals surface area contributed by atoms with Gasteiger partial charge in [-0.25, -0.2) is 0 Å². The number of aromatic hydroxyl groups is 1. The average molecular weight is 264 g/mol. The summed E-state index contributed by atoms with van der Waals surface area (Å²) in [6.07, 6.45) is 0. The Morgan fingerprint density at radius 1 is 1.06 bits per heavy atom. The van der Waals surface area contributed by atoms with Crippen LogP contribution in [0.1, 0.15) is 5.56 Å². The summed E-state index contributed by atoms with van der Waals surface area (Å²) in [5.74, 6) is 0.238. The highest BCUT2D eigenvalue weighted by atomic mass is 35.5. The number of benzene rings is 2. The maximum absolute atomic E-state index is 9.18. The van der Waals surface area contributed by atoms with Gasteiger partial charge in [-0.3, -0.25) is 5.41 Å². The minimum Gasteiger partial charge on any atom is -0.508 e. The molecule has 2 aromatic rings. The van der Waals surface area contributed by atoms with E-state index in [0.717, 1.165) is 11.4 Å². The fourth-order valence-electron chi connectivity index (χ4n) is 1.53. The van der Waals surface area contributed by atoms with Crippen LogP contribution in [0.2, 0.25) is 0 Å². The van der Waals surface area contributed by atoms with Crippen molar-refractivity contribution >= 4 is 29.6 Å². The predicted octanol–water partition coefficient (Wildman–Crippen LogP) is 2.84. The molecule has 5 N–H and O–H groups in total. The van der Waals surface area contributed by atoms with E-state index in [1.54, 1.807) is 30.3 Å². The molecular formula is C13H14ClN3O. The lowest BCUT2D eigenvalue weighted by molar-refractivity contribution is 0.475. The molecule has 0 bridgehead atoms. The van der Waals surface area contributed by atoms with Crippen molar-refractivity contribution in [1.29, 1.82) is 5.41 Å². The van der Waals surface area contributed by atoms with Crippen molar-refractivity contribution in [3.05, 3.63) is 54.1 Å². The van der Waals surface area contributed by atoms with E-state index < -0.39 is 0 Å². The smallest absolute Gasteiger partial charge is 0.124 e. The van der Waals surface area contributed by atoms with Crippen molar-refractivity contribution in [3.8, 4) is 5.75 Å². The number of amidine groups is 1. The van der Waals surface area contributed by atoms with Gasteiger partial charge in [0.15, 0.2) is 0 Å². The standard InChI is InChI=1S/C13H13N3O.ClH/c14-13(15)11-3-1-2-4-12(11)16-9-5-7-10(17)8-6-9;/h1-8,16-17H,(H3,14,15);1H. The van der Waals surface area contributed by atoms with E-state index in [2.05, 4.69) is 5.32 Å². The number of anilines is 2. The Morgan fingerprint density at radius 2 is 1.67 bits per heavy atom. The van der Waals surface area contributed by atoms with Crippen LogP contribution in [0, 0.1) is 5.41 Å². The molecular weight excluding hydrogens is 250 g/mol. The number of halogens is 1. The monoisotopic (exact) mass is 263 g/mol. The lowest BCUT2D eigenvalue weighted by atomic mass is 10.1. The molecule has 0 aliphatic heterocycles. The molecule has 0 amide bonds. The minimum atomic E-state index is 0. The summed E-state index contributed by atoms with van der Waals surface area (Å²) in [7, 11) is 0. The minimum absolute atomic E-state index is 0. The van der Waals surface area contributed by atoms with Gasteiger partial charge in [0.2, 0.25) is 0 Å². The molecule has 0 heterocycles. The van der Waals surface area contributed by atoms with Gasteiger partial charge in [0.1, 0.15) is 11.6 Å². The molecule has 0 unspecified atom stereocenters. The molecule has 0 atom stereocenters. The van der Waals surface area contributed by atoms with Crippen molar-refractivity contribution < 1.29 is 5.11 Å². The molecule has 0 aliphatic carbocycles. The summed E-state index contributed by atoms with van der Waals surface area (Å²) in [4.78, 5) is 0. The predicted molar refractivity (Wildman–Crippen MR) is 76.1 cm³/mol. The van der Waals surface area contributed by atoms with E-state index in [1.807, 2.05) is 18.2 Å². The van der Waals surface area contributed by atoms with E-state index in [1.165, 1.54) is 0 Å². The van der Waals surface area contributed by atoms with Crippen LogP contribution in [-0.4, -0.2) is 10.9 Å². The first-order valence-corrected chi connectivity index (χ1v) is 5.16. The summed E-state index contributed by atoms with van der Waals surface area (Å²) in [5.41, 5.74) is 7.75. The zero-order valence-electron chi connectivity index (χ0n) is 9.55. The number of para-hydroxylation sites is 1. The molecule has 5 heteroatoms. The van der Waals surface area contributed by atoms with Crippen molar-refractivity contribution in [1.82, 2.24) is 0 Å². The van der Waals surface area contributed by atoms with Crippen molar-refractivity contribution in [2.24, 2.45) is 5.73 Å². The molecule has 94 valence electrons. The summed E-state index contributed by atoms with van der Waals surface area (Å²) in [5, 5.41) is 19.8. The zero-order chi connectivity index (χ0) is 12.3. The first-order valence-electron chi connectivity index (χ1n) is 5.16. The van der Waals surface area contributed by atoms with Crippen LogP contribution >= 0.6 is 12.4 Å². The number of phenolic OH excluding ortho intramolecular Hbond substituents is 1. The van der Waals surface area contributed by atoms with Crippen LogP contribution in [0.3, 0.4) is 0 Å². The van der Waals surface area contributed by atoms with Gasteiger partial charge >= 0.3 is 0 Å². The van der Waals surface area contributed by atoms with Crippen molar-refractivity contribution in [2.45, 2.75) is 0 Å². The first-order chi connectivity index (χ1) is 8.16. The second-order valence-electron chi connectivity index (χ2n) is 3.63. The number of phenols is 1. The number of hydrogen-bond donors (Lipinski definition) is 4. The van der Waals surface area contributed by atoms with Gasteiger partial charge in [0.05, 0.1) is 0 Å². The zero-order valence-corrected chi connectivity index (χ0v) is 10.4. The van der Waals surface area contributed by atoms with Crippen LogP contribution in [0.25, 0.3) is 0 Å². The summed E-state index contributed by atoms with van der Waals surface area (Å²) < 4.78 is 0. The third-order valence-electron chi connectivity index (χ3n) is 2.36. The maximum atomic E-state index is 9.18. The largest absolute Gasteiger partial charge is 0.508 e. The van der Waals surface area contributed by atoms with E-state index in [-0.39, 0.29) is 24.0 Å². The number of nitrogens with one attached hydrogen (secondary N) is 2. The number of hydrogen-bond acceptors (Lipinski definition) is 3. The van der Waals surface area contributed by atoms with Gasteiger partial charge in [-0.2, -0.15) is 0 Å². The molecule has 0 saturated heterocycles. The van der Waals surface area contributed by atoms with Crippen LogP contribution in [0.5, 0.6) is 5.75 Å². The van der Waals surface area contributed by atoms with Crippen molar-refractivity contribution in [3.63, 3.8) is 0 Å². The summed E-state index contributed by atoms with van der Waals surface area (Å²) in [6.45, 7) is 0. The third kappa shape index (κ3) is 3.15. The molecule has 0 spiro atoms. The topological polar surface area (TPSA) is 82.1 Å². The molecule has 0 aromatic heterocycles. The SMILES string of the molecule is Cl.N=C(N)c1ccccc1Nc1ccc(O)cc1. The second-order valence-corrected chi connectivity index (χ2v) is 3.63. The molecule has 2 aromatic carbocycles. The number of nitrogens with two attached hydrogens (primary N) is 1. The van der Waals surface area contributed by atoms with Crippen LogP contribution < -0.4 is 11.1 Å². The number of nitrogen functional groups attached to an aromatic ring is 1. The van der Waals surface area contributed by atoms with E-state index in [4.69, 9.17) is 11.1 Å². The lowest BCUT2D eigenvalue weighted by Crippen LogP contribution is -2.13. The fourth-order valence-corrected chi connectivity index (χ4v) is 1.53. The third-order valence-corrected chi connectivity index (χ3v) is 2.36. The van der Waals surface area contributed by atoms with E-state index in [9.17, 15) is 5.11 Å². The average Bonchev–Trinajstić information content (AvgIpc) is 2.32. The molecule has 0 radical (unpaired) electrons. The first kappa shape index (κ1) is 13.9. The molecule has 0 aliphatic rings. The maximum Gasteiger partial charge on any atom is 0.124 e. The molecule has 0 fully saturated rings. The normalized spacial score (nSPS) is 9.33. The van der Waals surface area contributed by atoms with Crippen molar-refractivity contribution in [2.75, 3.05) is 5.32 Å². The molecule has 0 saturated carbocycles. The van der Waals surface area contributed by atoms with Crippen LogP contribution in [0.15, 0.2) is 48.5 Å². The highest BCUT2D eigenvalue weighted by molar-refractivity contribution is 6.00. The van der Waals surface area contributed by atoms with E-state index in [0.29, 0.717) is 5.56 Å². The molecule has 4 nitrogen and oxygen atoms in total. The highest BCUT2D eigenvalue weighted by Crippen LogP contribution is 2.22. The summed E-state index contributed by atoms with van der Waals surface area (Å²) in [6, 6.07) is 14.0. The molecule has 18 heavy (non-hydrogen) atoms. The number of rotatable bonds is 3. The Hall–Kier alpha value is -2.20. The second kappa shape index (κ2) is 5.93. The Kier molecular flexibility index (Phi) is 4.57. The Morgan fingerprint density at radius 3 is 2.28 bits per heavy atom. The molecule has 2 rings (SSSR count). The Balaban J connectivity index is 0.00000162. The Labute approximate surface area is 111 Å².